The number of anilines is 1. The Hall–Kier alpha value is -2.26. The van der Waals surface area contributed by atoms with Crippen LogP contribution in [0.25, 0.3) is 17.3 Å². The van der Waals surface area contributed by atoms with Crippen molar-refractivity contribution in [1.82, 2.24) is 9.38 Å². The average Bonchev–Trinajstić information content (AvgIpc) is 3.01. The fourth-order valence-electron chi connectivity index (χ4n) is 3.74. The summed E-state index contributed by atoms with van der Waals surface area (Å²) in [6.07, 6.45) is 10.5. The molecule has 0 spiro atoms. The van der Waals surface area contributed by atoms with Crippen LogP contribution in [0.15, 0.2) is 48.7 Å². The molecule has 0 aliphatic heterocycles. The van der Waals surface area contributed by atoms with Crippen LogP contribution in [0.3, 0.4) is 0 Å². The first kappa shape index (κ1) is 17.2. The third-order valence-electron chi connectivity index (χ3n) is 5.08. The lowest BCUT2D eigenvalue weighted by Gasteiger charge is -2.24. The second-order valence-corrected chi connectivity index (χ2v) is 7.54. The van der Waals surface area contributed by atoms with E-state index in [-0.39, 0.29) is 0 Å². The summed E-state index contributed by atoms with van der Waals surface area (Å²) in [7, 11) is 0. The molecule has 0 bridgehead atoms. The maximum atomic E-state index is 6.26. The zero-order chi connectivity index (χ0) is 17.9. The largest absolute Gasteiger partial charge is 0.367 e. The third-order valence-corrected chi connectivity index (χ3v) is 5.31. The van der Waals surface area contributed by atoms with Gasteiger partial charge in [0.25, 0.3) is 0 Å². The van der Waals surface area contributed by atoms with Gasteiger partial charge in [-0.15, -0.1) is 0 Å². The van der Waals surface area contributed by atoms with Gasteiger partial charge in [-0.3, -0.25) is 4.40 Å². The summed E-state index contributed by atoms with van der Waals surface area (Å²) in [6.45, 7) is 2.13. The number of benzene rings is 1. The molecule has 1 N–H and O–H groups in total. The Bertz CT molecular complexity index is 921. The monoisotopic (exact) mass is 365 g/mol. The second-order valence-electron chi connectivity index (χ2n) is 7.10. The first-order valence-corrected chi connectivity index (χ1v) is 9.76. The topological polar surface area (TPSA) is 29.3 Å². The van der Waals surface area contributed by atoms with Gasteiger partial charge in [-0.25, -0.2) is 4.98 Å². The van der Waals surface area contributed by atoms with Crippen LogP contribution in [0, 0.1) is 0 Å². The number of pyridine rings is 1. The zero-order valence-corrected chi connectivity index (χ0v) is 15.8. The summed E-state index contributed by atoms with van der Waals surface area (Å²) in [4.78, 5) is 4.89. The highest BCUT2D eigenvalue weighted by Gasteiger charge is 2.19. The van der Waals surface area contributed by atoms with Crippen LogP contribution in [-0.4, -0.2) is 15.4 Å². The summed E-state index contributed by atoms with van der Waals surface area (Å²) in [6, 6.07) is 14.8. The minimum Gasteiger partial charge on any atom is -0.367 e. The highest BCUT2D eigenvalue weighted by atomic mass is 35.5. The number of aromatic nitrogens is 2. The number of hydrogen-bond acceptors (Lipinski definition) is 2. The lowest BCUT2D eigenvalue weighted by Crippen LogP contribution is -2.23. The van der Waals surface area contributed by atoms with Gasteiger partial charge in [0.15, 0.2) is 0 Å². The van der Waals surface area contributed by atoms with Gasteiger partial charge in [0.2, 0.25) is 0 Å². The van der Waals surface area contributed by atoms with Crippen molar-refractivity contribution in [3.63, 3.8) is 0 Å². The fourth-order valence-corrected chi connectivity index (χ4v) is 3.90. The maximum Gasteiger partial charge on any atom is 0.139 e. The van der Waals surface area contributed by atoms with Crippen molar-refractivity contribution in [2.45, 2.75) is 45.1 Å². The number of nitrogens with zero attached hydrogens (tertiary/aromatic N) is 2. The summed E-state index contributed by atoms with van der Waals surface area (Å²) < 4.78 is 2.09. The van der Waals surface area contributed by atoms with E-state index in [1.807, 2.05) is 24.4 Å². The number of imidazole rings is 1. The molecule has 3 aromatic rings. The van der Waals surface area contributed by atoms with Crippen LogP contribution in [0.1, 0.15) is 50.3 Å². The smallest absolute Gasteiger partial charge is 0.139 e. The van der Waals surface area contributed by atoms with E-state index >= 15 is 0 Å². The number of halogens is 1. The van der Waals surface area contributed by atoms with E-state index in [1.54, 1.807) is 0 Å². The van der Waals surface area contributed by atoms with Crippen molar-refractivity contribution in [2.24, 2.45) is 0 Å². The fraction of sp³-hybridized carbons (Fsp3) is 0.318. The van der Waals surface area contributed by atoms with Crippen LogP contribution < -0.4 is 5.32 Å². The van der Waals surface area contributed by atoms with Gasteiger partial charge in [-0.2, -0.15) is 0 Å². The summed E-state index contributed by atoms with van der Waals surface area (Å²) in [5, 5.41) is 4.49. The molecule has 0 saturated heterocycles. The normalized spacial score (nSPS) is 16.2. The molecule has 0 radical (unpaired) electrons. The molecule has 1 saturated carbocycles. The molecule has 3 nitrogen and oxygen atoms in total. The van der Waals surface area contributed by atoms with E-state index in [9.17, 15) is 0 Å². The van der Waals surface area contributed by atoms with Crippen LogP contribution >= 0.6 is 11.6 Å². The second kappa shape index (κ2) is 7.55. The molecule has 1 aliphatic carbocycles. The van der Waals surface area contributed by atoms with Crippen LogP contribution in [0.4, 0.5) is 5.82 Å². The molecule has 2 aromatic heterocycles. The number of rotatable bonds is 4. The highest BCUT2D eigenvalue weighted by molar-refractivity contribution is 6.30. The third kappa shape index (κ3) is 3.63. The van der Waals surface area contributed by atoms with E-state index in [2.05, 4.69) is 47.0 Å². The number of fused-ring (bicyclic) bond motifs is 1. The van der Waals surface area contributed by atoms with E-state index in [0.717, 1.165) is 27.8 Å². The van der Waals surface area contributed by atoms with Crippen molar-refractivity contribution in [2.75, 3.05) is 5.32 Å². The Morgan fingerprint density at radius 2 is 1.88 bits per heavy atom. The predicted molar refractivity (Wildman–Crippen MR) is 111 cm³/mol. The number of allylic oxidation sites excluding steroid dienone is 1. The summed E-state index contributed by atoms with van der Waals surface area (Å²) in [5.74, 6) is 1.05. The molecule has 0 unspecified atom stereocenters. The van der Waals surface area contributed by atoms with Gasteiger partial charge in [0.1, 0.15) is 17.2 Å². The predicted octanol–water partition coefficient (Wildman–Crippen LogP) is 6.29. The van der Waals surface area contributed by atoms with E-state index in [4.69, 9.17) is 16.6 Å². The van der Waals surface area contributed by atoms with Crippen molar-refractivity contribution in [3.8, 4) is 0 Å². The Morgan fingerprint density at radius 3 is 2.65 bits per heavy atom. The molecule has 1 aromatic carbocycles. The van der Waals surface area contributed by atoms with Gasteiger partial charge in [-0.05, 0) is 49.1 Å². The molecular weight excluding hydrogens is 342 g/mol. The Balaban J connectivity index is 1.77. The Morgan fingerprint density at radius 1 is 1.12 bits per heavy atom. The molecule has 134 valence electrons. The van der Waals surface area contributed by atoms with Gasteiger partial charge in [0.05, 0.1) is 5.02 Å². The summed E-state index contributed by atoms with van der Waals surface area (Å²) >= 11 is 6.26. The molecule has 2 heterocycles. The number of nitrogens with one attached hydrogen (secondary N) is 1. The van der Waals surface area contributed by atoms with Crippen LogP contribution in [0.2, 0.25) is 5.02 Å². The van der Waals surface area contributed by atoms with Crippen LogP contribution in [-0.2, 0) is 0 Å². The first-order chi connectivity index (χ1) is 12.7. The van der Waals surface area contributed by atoms with Crippen molar-refractivity contribution >= 4 is 34.7 Å². The lowest BCUT2D eigenvalue weighted by atomic mass is 9.95. The zero-order valence-electron chi connectivity index (χ0n) is 15.1. The van der Waals surface area contributed by atoms with Gasteiger partial charge in [-0.1, -0.05) is 61.2 Å². The highest BCUT2D eigenvalue weighted by Crippen LogP contribution is 2.30. The van der Waals surface area contributed by atoms with E-state index in [0.29, 0.717) is 6.04 Å². The SMILES string of the molecule is CC(=Cc1ccccc1)c1nc2ccc(Cl)cn2c1NC1CCCCC1. The first-order valence-electron chi connectivity index (χ1n) is 9.38. The molecule has 4 heteroatoms. The standard InChI is InChI=1S/C22H24ClN3/c1-16(14-17-8-4-2-5-9-17)21-22(24-19-10-6-3-7-11-19)26-15-18(23)12-13-20(26)25-21/h2,4-5,8-9,12-15,19,24H,3,6-7,10-11H2,1H3. The van der Waals surface area contributed by atoms with E-state index < -0.39 is 0 Å². The Labute approximate surface area is 159 Å². The molecule has 0 amide bonds. The van der Waals surface area contributed by atoms with Gasteiger partial charge >= 0.3 is 0 Å². The van der Waals surface area contributed by atoms with Crippen molar-refractivity contribution in [1.29, 1.82) is 0 Å². The lowest BCUT2D eigenvalue weighted by molar-refractivity contribution is 0.461. The van der Waals surface area contributed by atoms with Gasteiger partial charge < -0.3 is 5.32 Å². The molecule has 0 atom stereocenters. The molecular formula is C22H24ClN3. The number of hydrogen-bond donors (Lipinski definition) is 1. The Kier molecular flexibility index (Phi) is 4.98. The molecule has 1 aliphatic rings. The van der Waals surface area contributed by atoms with Crippen molar-refractivity contribution < 1.29 is 0 Å². The minimum atomic E-state index is 0.505. The molecule has 26 heavy (non-hydrogen) atoms. The van der Waals surface area contributed by atoms with Gasteiger partial charge in [0, 0.05) is 12.2 Å². The maximum absolute atomic E-state index is 6.26. The molecule has 1 fully saturated rings. The summed E-state index contributed by atoms with van der Waals surface area (Å²) in [5.41, 5.74) is 4.25. The molecule has 4 rings (SSSR count). The van der Waals surface area contributed by atoms with Crippen molar-refractivity contribution in [3.05, 3.63) is 64.9 Å². The minimum absolute atomic E-state index is 0.505. The van der Waals surface area contributed by atoms with Crippen LogP contribution in [0.5, 0.6) is 0 Å². The average molecular weight is 366 g/mol. The quantitative estimate of drug-likeness (QED) is 0.588. The van der Waals surface area contributed by atoms with E-state index in [1.165, 1.54) is 37.7 Å².